The van der Waals surface area contributed by atoms with Crippen molar-refractivity contribution < 1.29 is 14.3 Å². The number of piperazine rings is 1. The predicted octanol–water partition coefficient (Wildman–Crippen LogP) is 2.51. The largest absolute Gasteiger partial charge is 0.377 e. The molecule has 2 heterocycles. The van der Waals surface area contributed by atoms with E-state index in [1.165, 1.54) is 0 Å². The van der Waals surface area contributed by atoms with Gasteiger partial charge in [-0.1, -0.05) is 23.7 Å². The van der Waals surface area contributed by atoms with Crippen LogP contribution in [0.2, 0.25) is 5.02 Å². The molecule has 2 saturated heterocycles. The lowest BCUT2D eigenvalue weighted by atomic mass is 10.1. The third-order valence-corrected chi connectivity index (χ3v) is 6.48. The van der Waals surface area contributed by atoms with Gasteiger partial charge in [-0.15, -0.1) is 0 Å². The molecule has 2 fully saturated rings. The molecule has 0 spiro atoms. The smallest absolute Gasteiger partial charge is 0.253 e. The normalized spacial score (nSPS) is 21.2. The molecule has 1 N–H and O–H groups in total. The van der Waals surface area contributed by atoms with Gasteiger partial charge in [-0.3, -0.25) is 14.5 Å². The fraction of sp³-hybridized carbons (Fsp3) is 0.619. The Labute approximate surface area is 182 Å². The number of ether oxygens (including phenoxy) is 1. The van der Waals surface area contributed by atoms with Crippen molar-refractivity contribution in [1.29, 1.82) is 0 Å². The molecule has 8 heteroatoms. The second-order valence-corrected chi connectivity index (χ2v) is 8.94. The molecule has 2 atom stereocenters. The molecule has 2 aliphatic heterocycles. The van der Waals surface area contributed by atoms with Crippen LogP contribution >= 0.6 is 23.4 Å². The third kappa shape index (κ3) is 6.35. The fourth-order valence-corrected chi connectivity index (χ4v) is 4.51. The van der Waals surface area contributed by atoms with Crippen LogP contribution in [0.1, 0.15) is 29.6 Å². The van der Waals surface area contributed by atoms with Gasteiger partial charge in [0.15, 0.2) is 0 Å². The number of carbonyl (C=O) groups excluding carboxylic acids is 2. The van der Waals surface area contributed by atoms with Gasteiger partial charge in [0.1, 0.15) is 6.04 Å². The number of nitrogens with one attached hydrogen (secondary N) is 1. The zero-order chi connectivity index (χ0) is 20.6. The number of hydrogen-bond acceptors (Lipinski definition) is 5. The Bertz CT molecular complexity index is 692. The van der Waals surface area contributed by atoms with Gasteiger partial charge in [-0.05, 0) is 43.4 Å². The van der Waals surface area contributed by atoms with Gasteiger partial charge in [0, 0.05) is 39.3 Å². The van der Waals surface area contributed by atoms with Crippen LogP contribution in [0, 0.1) is 0 Å². The summed E-state index contributed by atoms with van der Waals surface area (Å²) in [7, 11) is 0. The monoisotopic (exact) mass is 439 g/mol. The summed E-state index contributed by atoms with van der Waals surface area (Å²) in [6.07, 6.45) is 5.21. The van der Waals surface area contributed by atoms with Gasteiger partial charge in [-0.2, -0.15) is 11.8 Å². The van der Waals surface area contributed by atoms with Crippen LogP contribution in [0.25, 0.3) is 0 Å². The molecule has 0 unspecified atom stereocenters. The van der Waals surface area contributed by atoms with Gasteiger partial charge in [0.05, 0.1) is 16.7 Å². The van der Waals surface area contributed by atoms with E-state index >= 15 is 0 Å². The van der Waals surface area contributed by atoms with Gasteiger partial charge in [0.2, 0.25) is 5.91 Å². The molecule has 0 radical (unpaired) electrons. The summed E-state index contributed by atoms with van der Waals surface area (Å²) in [4.78, 5) is 30.1. The molecule has 2 amide bonds. The third-order valence-electron chi connectivity index (χ3n) is 5.50. The van der Waals surface area contributed by atoms with Crippen LogP contribution in [0.3, 0.4) is 0 Å². The summed E-state index contributed by atoms with van der Waals surface area (Å²) < 4.78 is 5.73. The molecular weight excluding hydrogens is 410 g/mol. The zero-order valence-electron chi connectivity index (χ0n) is 16.9. The highest BCUT2D eigenvalue weighted by Gasteiger charge is 2.30. The predicted molar refractivity (Wildman–Crippen MR) is 118 cm³/mol. The Kier molecular flexibility index (Phi) is 8.66. The highest BCUT2D eigenvalue weighted by Crippen LogP contribution is 2.17. The second-order valence-electron chi connectivity index (χ2n) is 7.55. The summed E-state index contributed by atoms with van der Waals surface area (Å²) >= 11 is 7.81. The van der Waals surface area contributed by atoms with E-state index in [4.69, 9.17) is 16.3 Å². The first-order chi connectivity index (χ1) is 14.1. The van der Waals surface area contributed by atoms with Crippen molar-refractivity contribution in [3.05, 3.63) is 34.9 Å². The van der Waals surface area contributed by atoms with Crippen molar-refractivity contribution in [2.24, 2.45) is 0 Å². The molecule has 3 rings (SSSR count). The van der Waals surface area contributed by atoms with E-state index in [1.807, 2.05) is 11.2 Å². The first kappa shape index (κ1) is 22.4. The fourth-order valence-electron chi connectivity index (χ4n) is 3.82. The van der Waals surface area contributed by atoms with Crippen LogP contribution in [0.4, 0.5) is 0 Å². The van der Waals surface area contributed by atoms with Gasteiger partial charge >= 0.3 is 0 Å². The van der Waals surface area contributed by atoms with Crippen molar-refractivity contribution in [3.8, 4) is 0 Å². The molecule has 0 aromatic heterocycles. The summed E-state index contributed by atoms with van der Waals surface area (Å²) in [6, 6.07) is 6.38. The summed E-state index contributed by atoms with van der Waals surface area (Å²) in [5, 5.41) is 3.31. The number of hydrogen-bond donors (Lipinski definition) is 1. The summed E-state index contributed by atoms with van der Waals surface area (Å²) in [5.74, 6) is 0.501. The maximum atomic E-state index is 13.1. The highest BCUT2D eigenvalue weighted by atomic mass is 35.5. The maximum Gasteiger partial charge on any atom is 0.253 e. The van der Waals surface area contributed by atoms with E-state index in [0.717, 1.165) is 44.8 Å². The van der Waals surface area contributed by atoms with Gasteiger partial charge in [-0.25, -0.2) is 0 Å². The van der Waals surface area contributed by atoms with E-state index in [0.29, 0.717) is 36.2 Å². The molecule has 160 valence electrons. The minimum Gasteiger partial charge on any atom is -0.377 e. The first-order valence-corrected chi connectivity index (χ1v) is 12.0. The number of nitrogens with zero attached hydrogens (tertiary/aromatic N) is 2. The number of rotatable bonds is 8. The molecule has 0 bridgehead atoms. The molecular formula is C21H30ClN3O3S. The molecule has 0 saturated carbocycles. The number of amides is 2. The highest BCUT2D eigenvalue weighted by molar-refractivity contribution is 7.98. The van der Waals surface area contributed by atoms with E-state index in [-0.39, 0.29) is 11.8 Å². The topological polar surface area (TPSA) is 61.9 Å². The Balaban J connectivity index is 1.56. The van der Waals surface area contributed by atoms with Crippen LogP contribution < -0.4 is 5.32 Å². The number of halogens is 1. The van der Waals surface area contributed by atoms with E-state index < -0.39 is 6.04 Å². The van der Waals surface area contributed by atoms with Crippen LogP contribution in [0.5, 0.6) is 0 Å². The number of benzene rings is 1. The lowest BCUT2D eigenvalue weighted by Crippen LogP contribution is -2.55. The maximum absolute atomic E-state index is 13.1. The van der Waals surface area contributed by atoms with E-state index in [2.05, 4.69) is 10.2 Å². The number of carbonyl (C=O) groups is 2. The van der Waals surface area contributed by atoms with Crippen LogP contribution in [-0.2, 0) is 9.53 Å². The Morgan fingerprint density at radius 2 is 2.03 bits per heavy atom. The van der Waals surface area contributed by atoms with Crippen LogP contribution in [-0.4, -0.2) is 85.1 Å². The minimum absolute atomic E-state index is 0.00350. The molecule has 6 nitrogen and oxygen atoms in total. The van der Waals surface area contributed by atoms with E-state index in [1.54, 1.807) is 36.0 Å². The van der Waals surface area contributed by atoms with Crippen molar-refractivity contribution in [2.45, 2.75) is 31.4 Å². The minimum atomic E-state index is -0.532. The van der Waals surface area contributed by atoms with Crippen molar-refractivity contribution in [3.63, 3.8) is 0 Å². The molecule has 0 aliphatic carbocycles. The standard InChI is InChI=1S/C21H30ClN3O3S/c1-29-14-8-19(23-20(26)17-6-2-3-7-18(17)22)21(27)25-11-9-24(10-12-25)15-16-5-4-13-28-16/h2-3,6-7,16,19H,4-5,8-15H2,1H3,(H,23,26)/t16-,19-/m1/s1. The quantitative estimate of drug-likeness (QED) is 0.674. The lowest BCUT2D eigenvalue weighted by molar-refractivity contribution is -0.135. The SMILES string of the molecule is CSCC[C@@H](NC(=O)c1ccccc1Cl)C(=O)N1CCN(C[C@H]2CCCO2)CC1. The first-order valence-electron chi connectivity index (χ1n) is 10.3. The Morgan fingerprint density at radius 3 is 2.69 bits per heavy atom. The van der Waals surface area contributed by atoms with Crippen molar-refractivity contribution in [2.75, 3.05) is 51.3 Å². The molecule has 29 heavy (non-hydrogen) atoms. The van der Waals surface area contributed by atoms with Crippen molar-refractivity contribution >= 4 is 35.2 Å². The van der Waals surface area contributed by atoms with E-state index in [9.17, 15) is 9.59 Å². The molecule has 2 aliphatic rings. The van der Waals surface area contributed by atoms with Crippen LogP contribution in [0.15, 0.2) is 24.3 Å². The molecule has 1 aromatic rings. The number of thioether (sulfide) groups is 1. The Morgan fingerprint density at radius 1 is 1.28 bits per heavy atom. The summed E-state index contributed by atoms with van der Waals surface area (Å²) in [5.41, 5.74) is 0.400. The van der Waals surface area contributed by atoms with Gasteiger partial charge in [0.25, 0.3) is 5.91 Å². The van der Waals surface area contributed by atoms with Gasteiger partial charge < -0.3 is 15.0 Å². The summed E-state index contributed by atoms with van der Waals surface area (Å²) in [6.45, 7) is 4.87. The molecule has 1 aromatic carbocycles. The average molecular weight is 440 g/mol. The average Bonchev–Trinajstić information content (AvgIpc) is 3.24. The lowest BCUT2D eigenvalue weighted by Gasteiger charge is -2.37. The second kappa shape index (κ2) is 11.2. The zero-order valence-corrected chi connectivity index (χ0v) is 18.5. The Hall–Kier alpha value is -1.28. The van der Waals surface area contributed by atoms with Crippen molar-refractivity contribution in [1.82, 2.24) is 15.1 Å².